The van der Waals surface area contributed by atoms with Crippen molar-refractivity contribution in [2.24, 2.45) is 5.92 Å². The first-order valence-corrected chi connectivity index (χ1v) is 14.0. The molecule has 188 valence electrons. The number of rotatable bonds is 9. The highest BCUT2D eigenvalue weighted by Crippen LogP contribution is 2.32. The molecule has 7 nitrogen and oxygen atoms in total. The van der Waals surface area contributed by atoms with E-state index >= 15 is 0 Å². The fourth-order valence-electron chi connectivity index (χ4n) is 4.55. The average Bonchev–Trinajstić information content (AvgIpc) is 2.82. The highest BCUT2D eigenvalue weighted by atomic mass is 32.2. The van der Waals surface area contributed by atoms with Gasteiger partial charge in [-0.1, -0.05) is 26.7 Å². The zero-order chi connectivity index (χ0) is 25.6. The Morgan fingerprint density at radius 3 is 2.29 bits per heavy atom. The molecule has 8 heteroatoms. The largest absolute Gasteiger partial charge is 0.457 e. The number of ether oxygens (including phenoxy) is 1. The van der Waals surface area contributed by atoms with Crippen LogP contribution in [-0.2, 0) is 21.1 Å². The lowest BCUT2D eigenvalue weighted by Crippen LogP contribution is -2.47. The Bertz CT molecular complexity index is 1170. The number of piperidine rings is 1. The van der Waals surface area contributed by atoms with Crippen molar-refractivity contribution in [3.05, 3.63) is 53.6 Å². The molecule has 1 fully saturated rings. The van der Waals surface area contributed by atoms with Crippen molar-refractivity contribution < 1.29 is 23.1 Å². The lowest BCUT2D eigenvalue weighted by atomic mass is 9.81. The van der Waals surface area contributed by atoms with Crippen molar-refractivity contribution in [3.8, 4) is 17.6 Å². The smallest absolute Gasteiger partial charge is 0.226 e. The van der Waals surface area contributed by atoms with E-state index in [9.17, 15) is 23.6 Å². The molecule has 1 heterocycles. The zero-order valence-electron chi connectivity index (χ0n) is 20.7. The number of benzene rings is 2. The molecule has 0 saturated carbocycles. The SMILES string of the molecule is CCC(CC)CC1(O)CCN(C(=O)Cc2cc(C#N)cc(Oc3ccc(S(C)(=O)=O)cc3)c2)CC1. The predicted octanol–water partition coefficient (Wildman–Crippen LogP) is 4.48. The maximum Gasteiger partial charge on any atom is 0.226 e. The van der Waals surface area contributed by atoms with Crippen molar-refractivity contribution in [2.45, 2.75) is 62.9 Å². The third-order valence-electron chi connectivity index (χ3n) is 6.81. The fraction of sp³-hybridized carbons (Fsp3) is 0.481. The summed E-state index contributed by atoms with van der Waals surface area (Å²) >= 11 is 0. The van der Waals surface area contributed by atoms with Gasteiger partial charge in [-0.3, -0.25) is 4.79 Å². The number of sulfone groups is 1. The molecule has 35 heavy (non-hydrogen) atoms. The highest BCUT2D eigenvalue weighted by molar-refractivity contribution is 7.90. The monoisotopic (exact) mass is 498 g/mol. The zero-order valence-corrected chi connectivity index (χ0v) is 21.5. The molecule has 0 radical (unpaired) electrons. The minimum absolute atomic E-state index is 0.0480. The summed E-state index contributed by atoms with van der Waals surface area (Å²) in [5.74, 6) is 1.28. The van der Waals surface area contributed by atoms with Crippen LogP contribution >= 0.6 is 0 Å². The maximum absolute atomic E-state index is 13.0. The lowest BCUT2D eigenvalue weighted by molar-refractivity contribution is -0.135. The molecule has 2 aromatic rings. The summed E-state index contributed by atoms with van der Waals surface area (Å²) < 4.78 is 29.1. The minimum Gasteiger partial charge on any atom is -0.457 e. The molecule has 1 aliphatic heterocycles. The summed E-state index contributed by atoms with van der Waals surface area (Å²) in [6.07, 6.45) is 5.28. The second kappa shape index (κ2) is 11.2. The van der Waals surface area contributed by atoms with E-state index in [1.54, 1.807) is 35.2 Å². The van der Waals surface area contributed by atoms with E-state index in [0.717, 1.165) is 25.5 Å². The number of nitriles is 1. The van der Waals surface area contributed by atoms with E-state index in [4.69, 9.17) is 4.74 Å². The molecule has 1 saturated heterocycles. The Labute approximate surface area is 208 Å². The van der Waals surface area contributed by atoms with Gasteiger partial charge in [0.2, 0.25) is 5.91 Å². The molecule has 1 N–H and O–H groups in total. The van der Waals surface area contributed by atoms with Crippen molar-refractivity contribution in [1.82, 2.24) is 4.90 Å². The average molecular weight is 499 g/mol. The van der Waals surface area contributed by atoms with Gasteiger partial charge < -0.3 is 14.7 Å². The summed E-state index contributed by atoms with van der Waals surface area (Å²) in [4.78, 5) is 15.0. The Morgan fingerprint density at radius 1 is 1.11 bits per heavy atom. The number of amides is 1. The Kier molecular flexibility index (Phi) is 8.57. The third-order valence-corrected chi connectivity index (χ3v) is 7.94. The first kappa shape index (κ1) is 26.7. The van der Waals surface area contributed by atoms with Crippen LogP contribution in [0.5, 0.6) is 11.5 Å². The number of hydrogen-bond acceptors (Lipinski definition) is 6. The minimum atomic E-state index is -3.31. The van der Waals surface area contributed by atoms with Crippen LogP contribution in [0.3, 0.4) is 0 Å². The van der Waals surface area contributed by atoms with Gasteiger partial charge in [0.1, 0.15) is 11.5 Å². The number of carbonyl (C=O) groups excluding carboxylic acids is 1. The quantitative estimate of drug-likeness (QED) is 0.546. The summed E-state index contributed by atoms with van der Waals surface area (Å²) in [7, 11) is -3.31. The molecule has 2 aromatic carbocycles. The first-order chi connectivity index (χ1) is 16.5. The molecule has 0 bridgehead atoms. The topological polar surface area (TPSA) is 108 Å². The highest BCUT2D eigenvalue weighted by Gasteiger charge is 2.35. The molecular weight excluding hydrogens is 464 g/mol. The third kappa shape index (κ3) is 7.30. The molecule has 0 unspecified atom stereocenters. The molecule has 0 atom stereocenters. The van der Waals surface area contributed by atoms with Crippen LogP contribution in [0.4, 0.5) is 0 Å². The normalized spacial score (nSPS) is 15.6. The summed E-state index contributed by atoms with van der Waals surface area (Å²) in [6.45, 7) is 5.33. The Balaban J connectivity index is 1.66. The Morgan fingerprint density at radius 2 is 1.74 bits per heavy atom. The lowest BCUT2D eigenvalue weighted by Gasteiger charge is -2.40. The van der Waals surface area contributed by atoms with E-state index in [0.29, 0.717) is 54.5 Å². The van der Waals surface area contributed by atoms with Gasteiger partial charge >= 0.3 is 0 Å². The molecule has 3 rings (SSSR count). The molecule has 1 aliphatic rings. The second-order valence-electron chi connectivity index (χ2n) is 9.49. The molecule has 1 amide bonds. The van der Waals surface area contributed by atoms with Crippen molar-refractivity contribution in [1.29, 1.82) is 5.26 Å². The van der Waals surface area contributed by atoms with Gasteiger partial charge in [-0.25, -0.2) is 8.42 Å². The second-order valence-corrected chi connectivity index (χ2v) is 11.5. The van der Waals surface area contributed by atoms with Crippen LogP contribution in [-0.4, -0.2) is 49.3 Å². The summed E-state index contributed by atoms with van der Waals surface area (Å²) in [6, 6.07) is 13.1. The van der Waals surface area contributed by atoms with Crippen LogP contribution in [0.1, 0.15) is 57.1 Å². The molecule has 0 spiro atoms. The van der Waals surface area contributed by atoms with Crippen LogP contribution in [0.2, 0.25) is 0 Å². The molecule has 0 aromatic heterocycles. The first-order valence-electron chi connectivity index (χ1n) is 12.1. The molecular formula is C27H34N2O5S. The van der Waals surface area contributed by atoms with Crippen LogP contribution in [0.15, 0.2) is 47.4 Å². The van der Waals surface area contributed by atoms with E-state index in [-0.39, 0.29) is 17.2 Å². The van der Waals surface area contributed by atoms with Gasteiger partial charge in [0.15, 0.2) is 9.84 Å². The van der Waals surface area contributed by atoms with Crippen molar-refractivity contribution >= 4 is 15.7 Å². The fourth-order valence-corrected chi connectivity index (χ4v) is 5.19. The Hall–Kier alpha value is -2.89. The van der Waals surface area contributed by atoms with E-state index in [1.165, 1.54) is 12.1 Å². The van der Waals surface area contributed by atoms with Gasteiger partial charge in [-0.15, -0.1) is 0 Å². The van der Waals surface area contributed by atoms with Gasteiger partial charge in [-0.2, -0.15) is 5.26 Å². The summed E-state index contributed by atoms with van der Waals surface area (Å²) in [5, 5.41) is 20.4. The predicted molar refractivity (Wildman–Crippen MR) is 134 cm³/mol. The number of likely N-dealkylation sites (tertiary alicyclic amines) is 1. The van der Waals surface area contributed by atoms with Gasteiger partial charge in [-0.05, 0) is 73.2 Å². The van der Waals surface area contributed by atoms with Gasteiger partial charge in [0.25, 0.3) is 0 Å². The van der Waals surface area contributed by atoms with Crippen LogP contribution < -0.4 is 4.74 Å². The summed E-state index contributed by atoms with van der Waals surface area (Å²) in [5.41, 5.74) is 0.327. The van der Waals surface area contributed by atoms with Gasteiger partial charge in [0.05, 0.1) is 28.6 Å². The van der Waals surface area contributed by atoms with E-state index < -0.39 is 15.4 Å². The standard InChI is InChI=1S/C27H34N2O5S/c1-4-20(5-2)18-27(31)10-12-29(13-11-27)26(30)17-21-14-22(19-28)16-24(15-21)34-23-6-8-25(9-7-23)35(3,32)33/h6-9,14-16,20,31H,4-5,10-13,17-18H2,1-3H3. The van der Waals surface area contributed by atoms with Crippen LogP contribution in [0, 0.1) is 17.2 Å². The number of hydrogen-bond donors (Lipinski definition) is 1. The van der Waals surface area contributed by atoms with Crippen molar-refractivity contribution in [3.63, 3.8) is 0 Å². The van der Waals surface area contributed by atoms with Crippen LogP contribution in [0.25, 0.3) is 0 Å². The van der Waals surface area contributed by atoms with Gasteiger partial charge in [0, 0.05) is 19.3 Å². The van der Waals surface area contributed by atoms with E-state index in [2.05, 4.69) is 19.9 Å². The number of carbonyl (C=O) groups is 1. The van der Waals surface area contributed by atoms with Crippen molar-refractivity contribution in [2.75, 3.05) is 19.3 Å². The number of aliphatic hydroxyl groups is 1. The maximum atomic E-state index is 13.0. The molecule has 0 aliphatic carbocycles. The van der Waals surface area contributed by atoms with E-state index in [1.807, 2.05) is 0 Å². The number of nitrogens with zero attached hydrogens (tertiary/aromatic N) is 2.